The third-order valence-electron chi connectivity index (χ3n) is 4.44. The van der Waals surface area contributed by atoms with E-state index in [4.69, 9.17) is 16.3 Å². The van der Waals surface area contributed by atoms with Crippen molar-refractivity contribution < 1.29 is 19.1 Å². The van der Waals surface area contributed by atoms with Crippen molar-refractivity contribution >= 4 is 52.2 Å². The van der Waals surface area contributed by atoms with Gasteiger partial charge in [-0.1, -0.05) is 23.7 Å². The molecular weight excluding hydrogens is 412 g/mol. The van der Waals surface area contributed by atoms with E-state index >= 15 is 0 Å². The van der Waals surface area contributed by atoms with Gasteiger partial charge >= 0.3 is 0 Å². The minimum Gasteiger partial charge on any atom is -0.495 e. The van der Waals surface area contributed by atoms with Crippen LogP contribution < -0.4 is 10.1 Å². The lowest BCUT2D eigenvalue weighted by Crippen LogP contribution is -2.36. The van der Waals surface area contributed by atoms with Crippen molar-refractivity contribution in [3.05, 3.63) is 63.0 Å². The molecule has 1 saturated heterocycles. The smallest absolute Gasteiger partial charge is 0.294 e. The number of anilines is 1. The maximum absolute atomic E-state index is 12.6. The maximum atomic E-state index is 12.6. The minimum absolute atomic E-state index is 0.232. The molecule has 3 rings (SSSR count). The Morgan fingerprint density at radius 2 is 1.93 bits per heavy atom. The fourth-order valence-electron chi connectivity index (χ4n) is 2.72. The predicted octanol–water partition coefficient (Wildman–Crippen LogP) is 4.64. The number of carbonyl (C=O) groups excluding carboxylic acids is 3. The monoisotopic (exact) mass is 430 g/mol. The van der Waals surface area contributed by atoms with Gasteiger partial charge in [-0.05, 0) is 72.6 Å². The quantitative estimate of drug-likeness (QED) is 0.699. The van der Waals surface area contributed by atoms with E-state index in [1.165, 1.54) is 7.11 Å². The van der Waals surface area contributed by atoms with E-state index in [0.29, 0.717) is 22.0 Å². The van der Waals surface area contributed by atoms with Crippen LogP contribution in [-0.4, -0.2) is 35.6 Å². The highest BCUT2D eigenvalue weighted by Gasteiger charge is 2.36. The maximum Gasteiger partial charge on any atom is 0.294 e. The lowest BCUT2D eigenvalue weighted by atomic mass is 10.1. The third-order valence-corrected chi connectivity index (χ3v) is 5.64. The Hall–Kier alpha value is -2.77. The van der Waals surface area contributed by atoms with Crippen LogP contribution in [0.25, 0.3) is 6.08 Å². The van der Waals surface area contributed by atoms with Crippen molar-refractivity contribution in [2.75, 3.05) is 19.0 Å². The van der Waals surface area contributed by atoms with Crippen LogP contribution in [0.4, 0.5) is 10.5 Å². The highest BCUT2D eigenvalue weighted by Crippen LogP contribution is 2.33. The Labute approximate surface area is 177 Å². The molecule has 1 N–H and O–H groups in total. The molecule has 0 saturated carbocycles. The molecule has 1 heterocycles. The first-order valence-corrected chi connectivity index (χ1v) is 9.94. The Bertz CT molecular complexity index is 1040. The van der Waals surface area contributed by atoms with Gasteiger partial charge in [0, 0.05) is 5.69 Å². The summed E-state index contributed by atoms with van der Waals surface area (Å²) in [5, 5.41) is 2.62. The molecule has 0 radical (unpaired) electrons. The van der Waals surface area contributed by atoms with Crippen molar-refractivity contribution in [2.45, 2.75) is 13.8 Å². The van der Waals surface area contributed by atoms with Gasteiger partial charge in [-0.3, -0.25) is 19.3 Å². The van der Waals surface area contributed by atoms with Gasteiger partial charge < -0.3 is 10.1 Å². The number of carbonyl (C=O) groups is 3. The molecule has 2 aromatic carbocycles. The average molecular weight is 431 g/mol. The summed E-state index contributed by atoms with van der Waals surface area (Å²) in [6, 6.07) is 10.6. The number of aryl methyl sites for hydroxylation is 2. The predicted molar refractivity (Wildman–Crippen MR) is 115 cm³/mol. The van der Waals surface area contributed by atoms with E-state index < -0.39 is 17.1 Å². The first-order chi connectivity index (χ1) is 13.8. The minimum atomic E-state index is -0.512. The molecule has 8 heteroatoms. The summed E-state index contributed by atoms with van der Waals surface area (Å²) in [7, 11) is 1.51. The van der Waals surface area contributed by atoms with Crippen LogP contribution in [-0.2, 0) is 9.59 Å². The summed E-state index contributed by atoms with van der Waals surface area (Å²) in [4.78, 5) is 38.3. The molecule has 29 heavy (non-hydrogen) atoms. The summed E-state index contributed by atoms with van der Waals surface area (Å²) in [5.41, 5.74) is 3.42. The lowest BCUT2D eigenvalue weighted by molar-refractivity contribution is -0.127. The molecule has 0 bridgehead atoms. The van der Waals surface area contributed by atoms with Crippen LogP contribution >= 0.6 is 23.4 Å². The van der Waals surface area contributed by atoms with Gasteiger partial charge in [0.25, 0.3) is 11.1 Å². The Kier molecular flexibility index (Phi) is 6.30. The van der Waals surface area contributed by atoms with Crippen molar-refractivity contribution in [1.29, 1.82) is 0 Å². The summed E-state index contributed by atoms with van der Waals surface area (Å²) in [5.74, 6) is -0.439. The number of methoxy groups -OCH3 is 1. The lowest BCUT2D eigenvalue weighted by Gasteiger charge is -2.13. The van der Waals surface area contributed by atoms with Crippen LogP contribution in [0.1, 0.15) is 16.7 Å². The molecule has 1 aliphatic heterocycles. The van der Waals surface area contributed by atoms with Crippen molar-refractivity contribution in [1.82, 2.24) is 4.90 Å². The fraction of sp³-hybridized carbons (Fsp3) is 0.190. The summed E-state index contributed by atoms with van der Waals surface area (Å²) in [6.45, 7) is 3.57. The van der Waals surface area contributed by atoms with Gasteiger partial charge in [-0.15, -0.1) is 0 Å². The first-order valence-electron chi connectivity index (χ1n) is 8.74. The second-order valence-corrected chi connectivity index (χ2v) is 7.91. The highest BCUT2D eigenvalue weighted by atomic mass is 35.5. The number of hydrogen-bond acceptors (Lipinski definition) is 5. The largest absolute Gasteiger partial charge is 0.495 e. The second-order valence-electron chi connectivity index (χ2n) is 6.51. The molecule has 3 amide bonds. The molecule has 6 nitrogen and oxygen atoms in total. The number of nitrogens with one attached hydrogen (secondary N) is 1. The SMILES string of the molecule is COc1ccc(/C=C2/SC(=O)N(CC(=O)Nc3ccc(C)c(C)c3)C2=O)cc1Cl. The zero-order chi connectivity index (χ0) is 21.1. The number of thioether (sulfide) groups is 1. The van der Waals surface area contributed by atoms with Gasteiger partial charge in [0.1, 0.15) is 12.3 Å². The molecule has 2 aromatic rings. The van der Waals surface area contributed by atoms with E-state index in [0.717, 1.165) is 27.8 Å². The summed E-state index contributed by atoms with van der Waals surface area (Å²) < 4.78 is 5.10. The van der Waals surface area contributed by atoms with Gasteiger partial charge in [0.2, 0.25) is 5.91 Å². The normalized spacial score (nSPS) is 15.2. The van der Waals surface area contributed by atoms with E-state index in [1.54, 1.807) is 30.3 Å². The standard InChI is InChI=1S/C21H19ClN2O4S/c1-12-4-6-15(8-13(12)2)23-19(25)11-24-20(26)18(29-21(24)27)10-14-5-7-17(28-3)16(22)9-14/h4-10H,11H2,1-3H3,(H,23,25)/b18-10+. The van der Waals surface area contributed by atoms with Gasteiger partial charge in [0.15, 0.2) is 0 Å². The molecule has 0 aliphatic carbocycles. The summed E-state index contributed by atoms with van der Waals surface area (Å²) >= 11 is 6.89. The van der Waals surface area contributed by atoms with Gasteiger partial charge in [0.05, 0.1) is 17.0 Å². The second kappa shape index (κ2) is 8.71. The molecule has 1 fully saturated rings. The zero-order valence-electron chi connectivity index (χ0n) is 16.1. The van der Waals surface area contributed by atoms with Gasteiger partial charge in [-0.2, -0.15) is 0 Å². The average Bonchev–Trinajstić information content (AvgIpc) is 2.92. The number of imide groups is 1. The molecule has 0 aromatic heterocycles. The van der Waals surface area contributed by atoms with E-state index in [-0.39, 0.29) is 11.4 Å². The zero-order valence-corrected chi connectivity index (χ0v) is 17.7. The Morgan fingerprint density at radius 3 is 2.59 bits per heavy atom. The highest BCUT2D eigenvalue weighted by molar-refractivity contribution is 8.18. The van der Waals surface area contributed by atoms with E-state index in [9.17, 15) is 14.4 Å². The Balaban J connectivity index is 1.70. The van der Waals surface area contributed by atoms with Crippen LogP contribution in [0.2, 0.25) is 5.02 Å². The first kappa shape index (κ1) is 21.0. The van der Waals surface area contributed by atoms with Crippen molar-refractivity contribution in [2.24, 2.45) is 0 Å². The van der Waals surface area contributed by atoms with Crippen LogP contribution in [0.5, 0.6) is 5.75 Å². The van der Waals surface area contributed by atoms with Crippen LogP contribution in [0.15, 0.2) is 41.3 Å². The number of rotatable bonds is 5. The Morgan fingerprint density at radius 1 is 1.17 bits per heavy atom. The van der Waals surface area contributed by atoms with E-state index in [2.05, 4.69) is 5.32 Å². The summed E-state index contributed by atoms with van der Waals surface area (Å²) in [6.07, 6.45) is 1.57. The number of hydrogen-bond donors (Lipinski definition) is 1. The molecule has 1 aliphatic rings. The number of amides is 3. The topological polar surface area (TPSA) is 75.7 Å². The van der Waals surface area contributed by atoms with Crippen molar-refractivity contribution in [3.8, 4) is 5.75 Å². The number of benzene rings is 2. The molecule has 0 unspecified atom stereocenters. The van der Waals surface area contributed by atoms with Crippen molar-refractivity contribution in [3.63, 3.8) is 0 Å². The number of halogens is 1. The number of nitrogens with zero attached hydrogens (tertiary/aromatic N) is 1. The molecule has 0 atom stereocenters. The van der Waals surface area contributed by atoms with Crippen LogP contribution in [0, 0.1) is 13.8 Å². The third kappa shape index (κ3) is 4.81. The molecule has 0 spiro atoms. The number of ether oxygens (including phenoxy) is 1. The fourth-order valence-corrected chi connectivity index (χ4v) is 3.83. The molecule has 150 valence electrons. The van der Waals surface area contributed by atoms with E-state index in [1.807, 2.05) is 26.0 Å². The van der Waals surface area contributed by atoms with Gasteiger partial charge in [-0.25, -0.2) is 0 Å². The van der Waals surface area contributed by atoms with Crippen LogP contribution in [0.3, 0.4) is 0 Å². The molecular formula is C21H19ClN2O4S.